The van der Waals surface area contributed by atoms with E-state index < -0.39 is 0 Å². The number of anilines is 2. The van der Waals surface area contributed by atoms with E-state index in [0.29, 0.717) is 38.4 Å². The molecule has 1 aliphatic rings. The third kappa shape index (κ3) is 4.86. The van der Waals surface area contributed by atoms with Gasteiger partial charge in [-0.1, -0.05) is 24.3 Å². The molecule has 6 heteroatoms. The van der Waals surface area contributed by atoms with Crippen molar-refractivity contribution in [3.05, 3.63) is 60.2 Å². The molecule has 1 saturated heterocycles. The summed E-state index contributed by atoms with van der Waals surface area (Å²) in [4.78, 5) is 28.7. The Balaban J connectivity index is 1.65. The number of para-hydroxylation sites is 1. The highest BCUT2D eigenvalue weighted by Crippen LogP contribution is 2.18. The van der Waals surface area contributed by atoms with Gasteiger partial charge < -0.3 is 19.9 Å². The minimum atomic E-state index is -0.0631. The Hall–Kier alpha value is -2.86. The van der Waals surface area contributed by atoms with Crippen molar-refractivity contribution in [2.75, 3.05) is 49.6 Å². The summed E-state index contributed by atoms with van der Waals surface area (Å²) in [7, 11) is 0. The van der Waals surface area contributed by atoms with E-state index in [1.54, 1.807) is 21.9 Å². The molecule has 0 atom stereocenters. The van der Waals surface area contributed by atoms with E-state index in [0.717, 1.165) is 11.4 Å². The molecule has 1 N–H and O–H groups in total. The van der Waals surface area contributed by atoms with Crippen LogP contribution in [0.4, 0.5) is 11.4 Å². The van der Waals surface area contributed by atoms with Gasteiger partial charge in [0, 0.05) is 36.6 Å². The van der Waals surface area contributed by atoms with E-state index >= 15 is 0 Å². The summed E-state index contributed by atoms with van der Waals surface area (Å²) < 4.78 is 5.27. The lowest BCUT2D eigenvalue weighted by Gasteiger charge is -2.27. The Morgan fingerprint density at radius 1 is 1.07 bits per heavy atom. The third-order valence-electron chi connectivity index (χ3n) is 4.55. The van der Waals surface area contributed by atoms with Gasteiger partial charge in [0.1, 0.15) is 0 Å². The van der Waals surface area contributed by atoms with Crippen LogP contribution in [0.1, 0.15) is 17.3 Å². The maximum absolute atomic E-state index is 12.9. The summed E-state index contributed by atoms with van der Waals surface area (Å²) >= 11 is 0. The zero-order valence-electron chi connectivity index (χ0n) is 15.6. The molecule has 27 heavy (non-hydrogen) atoms. The molecule has 0 radical (unpaired) electrons. The Labute approximate surface area is 159 Å². The molecule has 3 rings (SSSR count). The van der Waals surface area contributed by atoms with Crippen LogP contribution in [-0.2, 0) is 9.53 Å². The fourth-order valence-corrected chi connectivity index (χ4v) is 3.07. The monoisotopic (exact) mass is 367 g/mol. The molecular weight excluding hydrogens is 342 g/mol. The van der Waals surface area contributed by atoms with Crippen LogP contribution in [0.2, 0.25) is 0 Å². The number of benzene rings is 2. The zero-order valence-corrected chi connectivity index (χ0v) is 15.6. The first-order valence-corrected chi connectivity index (χ1v) is 9.25. The van der Waals surface area contributed by atoms with Crippen LogP contribution in [0.5, 0.6) is 0 Å². The summed E-state index contributed by atoms with van der Waals surface area (Å²) in [5.74, 6) is -0.0265. The second kappa shape index (κ2) is 9.19. The predicted molar refractivity (Wildman–Crippen MR) is 106 cm³/mol. The molecule has 2 aromatic carbocycles. The van der Waals surface area contributed by atoms with Crippen molar-refractivity contribution in [1.29, 1.82) is 0 Å². The fraction of sp³-hybridized carbons (Fsp3) is 0.333. The molecule has 1 heterocycles. The van der Waals surface area contributed by atoms with Gasteiger partial charge >= 0.3 is 0 Å². The molecular formula is C21H25N3O3. The van der Waals surface area contributed by atoms with Gasteiger partial charge in [0.25, 0.3) is 5.91 Å². The van der Waals surface area contributed by atoms with Crippen LogP contribution in [0, 0.1) is 0 Å². The van der Waals surface area contributed by atoms with E-state index in [9.17, 15) is 9.59 Å². The van der Waals surface area contributed by atoms with E-state index in [1.807, 2.05) is 49.4 Å². The number of nitrogens with zero attached hydrogens (tertiary/aromatic N) is 2. The fourth-order valence-electron chi connectivity index (χ4n) is 3.07. The summed E-state index contributed by atoms with van der Waals surface area (Å²) in [6, 6.07) is 16.9. The molecule has 2 amide bonds. The second-order valence-corrected chi connectivity index (χ2v) is 6.31. The van der Waals surface area contributed by atoms with Crippen LogP contribution < -0.4 is 10.2 Å². The van der Waals surface area contributed by atoms with E-state index in [2.05, 4.69) is 5.32 Å². The number of nitrogens with one attached hydrogen (secondary N) is 1. The summed E-state index contributed by atoms with van der Waals surface area (Å²) in [6.07, 6.45) is 0. The Bertz CT molecular complexity index is 773. The molecule has 2 aromatic rings. The van der Waals surface area contributed by atoms with Gasteiger partial charge in [0.2, 0.25) is 5.91 Å². The minimum Gasteiger partial charge on any atom is -0.378 e. The van der Waals surface area contributed by atoms with E-state index in [1.165, 1.54) is 0 Å². The molecule has 142 valence electrons. The normalized spacial score (nSPS) is 13.9. The van der Waals surface area contributed by atoms with Crippen molar-refractivity contribution in [3.63, 3.8) is 0 Å². The molecule has 6 nitrogen and oxygen atoms in total. The number of morpholine rings is 1. The lowest BCUT2D eigenvalue weighted by atomic mass is 10.1. The largest absolute Gasteiger partial charge is 0.378 e. The minimum absolute atomic E-state index is 0.0366. The molecule has 1 aliphatic heterocycles. The van der Waals surface area contributed by atoms with E-state index in [4.69, 9.17) is 4.74 Å². The van der Waals surface area contributed by atoms with E-state index in [-0.39, 0.29) is 18.4 Å². The van der Waals surface area contributed by atoms with Crippen LogP contribution in [0.3, 0.4) is 0 Å². The first-order chi connectivity index (χ1) is 13.2. The molecule has 0 spiro atoms. The van der Waals surface area contributed by atoms with Crippen molar-refractivity contribution in [2.24, 2.45) is 0 Å². The van der Waals surface area contributed by atoms with Crippen LogP contribution >= 0.6 is 0 Å². The van der Waals surface area contributed by atoms with Crippen LogP contribution in [0.15, 0.2) is 54.6 Å². The van der Waals surface area contributed by atoms with Crippen molar-refractivity contribution >= 4 is 23.2 Å². The van der Waals surface area contributed by atoms with Crippen LogP contribution in [0.25, 0.3) is 0 Å². The average Bonchev–Trinajstić information content (AvgIpc) is 2.74. The molecule has 0 aliphatic carbocycles. The molecule has 0 unspecified atom stereocenters. The molecule has 1 fully saturated rings. The van der Waals surface area contributed by atoms with Gasteiger partial charge in [-0.2, -0.15) is 0 Å². The Morgan fingerprint density at radius 3 is 2.52 bits per heavy atom. The molecule has 0 saturated carbocycles. The summed E-state index contributed by atoms with van der Waals surface area (Å²) in [5, 5.41) is 3.13. The van der Waals surface area contributed by atoms with Crippen molar-refractivity contribution in [2.45, 2.75) is 6.92 Å². The molecule has 0 aromatic heterocycles. The highest BCUT2D eigenvalue weighted by molar-refractivity contribution is 6.06. The van der Waals surface area contributed by atoms with Gasteiger partial charge in [0.05, 0.1) is 19.8 Å². The summed E-state index contributed by atoms with van der Waals surface area (Å²) in [6.45, 7) is 5.16. The second-order valence-electron chi connectivity index (χ2n) is 6.31. The number of ether oxygens (including phenoxy) is 1. The SMILES string of the molecule is CCN(C(=O)c1cccc(NCC(=O)N2CCOCC2)c1)c1ccccc1. The topological polar surface area (TPSA) is 61.9 Å². The van der Waals surface area contributed by atoms with Gasteiger partial charge in [-0.15, -0.1) is 0 Å². The lowest BCUT2D eigenvalue weighted by molar-refractivity contribution is -0.133. The predicted octanol–water partition coefficient (Wildman–Crippen LogP) is 2.62. The van der Waals surface area contributed by atoms with Gasteiger partial charge in [-0.25, -0.2) is 0 Å². The number of rotatable bonds is 6. The number of carbonyl (C=O) groups is 2. The number of carbonyl (C=O) groups excluding carboxylic acids is 2. The highest BCUT2D eigenvalue weighted by Gasteiger charge is 2.18. The van der Waals surface area contributed by atoms with Gasteiger partial charge in [-0.3, -0.25) is 9.59 Å². The quantitative estimate of drug-likeness (QED) is 0.853. The van der Waals surface area contributed by atoms with Crippen LogP contribution in [-0.4, -0.2) is 56.1 Å². The maximum Gasteiger partial charge on any atom is 0.258 e. The number of hydrogen-bond acceptors (Lipinski definition) is 4. The van der Waals surface area contributed by atoms with Crippen molar-refractivity contribution < 1.29 is 14.3 Å². The Morgan fingerprint density at radius 2 is 1.81 bits per heavy atom. The van der Waals surface area contributed by atoms with Crippen molar-refractivity contribution in [3.8, 4) is 0 Å². The summed E-state index contributed by atoms with van der Waals surface area (Å²) in [5.41, 5.74) is 2.21. The first kappa shape index (κ1) is 18.9. The highest BCUT2D eigenvalue weighted by atomic mass is 16.5. The van der Waals surface area contributed by atoms with Crippen molar-refractivity contribution in [1.82, 2.24) is 4.90 Å². The lowest BCUT2D eigenvalue weighted by Crippen LogP contribution is -2.43. The molecule has 0 bridgehead atoms. The van der Waals surface area contributed by atoms with Gasteiger partial charge in [-0.05, 0) is 37.3 Å². The zero-order chi connectivity index (χ0) is 19.1. The number of hydrogen-bond donors (Lipinski definition) is 1. The smallest absolute Gasteiger partial charge is 0.258 e. The maximum atomic E-state index is 12.9. The van der Waals surface area contributed by atoms with Gasteiger partial charge in [0.15, 0.2) is 0 Å². The standard InChI is InChI=1S/C21H25N3O3/c1-2-24(19-9-4-3-5-10-19)21(26)17-7-6-8-18(15-17)22-16-20(25)23-11-13-27-14-12-23/h3-10,15,22H,2,11-14,16H2,1H3. The first-order valence-electron chi connectivity index (χ1n) is 9.25. The Kier molecular flexibility index (Phi) is 6.44. The number of amides is 2. The third-order valence-corrected chi connectivity index (χ3v) is 4.55. The average molecular weight is 367 g/mol.